The van der Waals surface area contributed by atoms with Gasteiger partial charge in [-0.15, -0.1) is 0 Å². The van der Waals surface area contributed by atoms with Gasteiger partial charge >= 0.3 is 5.69 Å². The average Bonchev–Trinajstić information content (AvgIpc) is 3.77. The number of benzene rings is 3. The van der Waals surface area contributed by atoms with Crippen LogP contribution in [0.15, 0.2) is 59.2 Å². The highest BCUT2D eigenvalue weighted by atomic mass is 35.5. The molecule has 18 heteroatoms. The Bertz CT molecular complexity index is 2080. The third-order valence-corrected chi connectivity index (χ3v) is 9.43. The van der Waals surface area contributed by atoms with E-state index in [1.807, 2.05) is 26.0 Å². The summed E-state index contributed by atoms with van der Waals surface area (Å²) in [7, 11) is 0. The Morgan fingerprint density at radius 3 is 2.23 bits per heavy atom. The number of carbonyl (C=O) groups excluding carboxylic acids is 2. The third-order valence-electron chi connectivity index (χ3n) is 8.64. The fourth-order valence-electron chi connectivity index (χ4n) is 5.70. The van der Waals surface area contributed by atoms with Crippen molar-refractivity contribution in [2.24, 2.45) is 0 Å². The van der Waals surface area contributed by atoms with Gasteiger partial charge in [-0.25, -0.2) is 9.31 Å². The van der Waals surface area contributed by atoms with Gasteiger partial charge in [-0.1, -0.05) is 60.8 Å². The Morgan fingerprint density at radius 2 is 1.57 bits per heavy atom. The van der Waals surface area contributed by atoms with E-state index in [0.717, 1.165) is 5.56 Å². The van der Waals surface area contributed by atoms with Crippen molar-refractivity contribution in [3.05, 3.63) is 91.0 Å². The van der Waals surface area contributed by atoms with Crippen LogP contribution in [0.5, 0.6) is 0 Å². The molecule has 0 radical (unpaired) electrons. The average molecular weight is 788 g/mol. The molecule has 5 rings (SSSR count). The van der Waals surface area contributed by atoms with E-state index in [-0.39, 0.29) is 48.1 Å². The van der Waals surface area contributed by atoms with Gasteiger partial charge in [0.1, 0.15) is 5.54 Å². The molecule has 0 saturated heterocycles. The van der Waals surface area contributed by atoms with Crippen molar-refractivity contribution >= 4 is 69.0 Å². The number of carbonyl (C=O) groups is 2. The summed E-state index contributed by atoms with van der Waals surface area (Å²) in [5.41, 5.74) is 2.08. The zero-order valence-corrected chi connectivity index (χ0v) is 31.3. The molecule has 2 heterocycles. The first kappa shape index (κ1) is 39.4. The van der Waals surface area contributed by atoms with Crippen molar-refractivity contribution in [2.75, 3.05) is 44.8 Å². The maximum Gasteiger partial charge on any atom is 0.300 e. The number of amides is 2. The lowest BCUT2D eigenvalue weighted by Gasteiger charge is -2.31. The van der Waals surface area contributed by atoms with E-state index in [2.05, 4.69) is 36.0 Å². The zero-order chi connectivity index (χ0) is 38.1. The van der Waals surface area contributed by atoms with Crippen LogP contribution in [0.1, 0.15) is 42.7 Å². The molecule has 0 saturated carbocycles. The van der Waals surface area contributed by atoms with Crippen molar-refractivity contribution < 1.29 is 28.6 Å². The Kier molecular flexibility index (Phi) is 13.2. The van der Waals surface area contributed by atoms with Crippen LogP contribution in [0.25, 0.3) is 28.0 Å². The normalized spacial score (nSPS) is 11.5. The lowest BCUT2D eigenvalue weighted by molar-refractivity contribution is -0.383. The first-order valence-electron chi connectivity index (χ1n) is 16.7. The van der Waals surface area contributed by atoms with Gasteiger partial charge in [0, 0.05) is 40.3 Å². The number of fused-ring (bicyclic) bond motifs is 1. The molecule has 0 aliphatic carbocycles. The van der Waals surface area contributed by atoms with E-state index in [1.54, 1.807) is 41.9 Å². The Balaban J connectivity index is 1.13. The summed E-state index contributed by atoms with van der Waals surface area (Å²) in [5.74, 6) is -0.862. The first-order chi connectivity index (χ1) is 25.5. The van der Waals surface area contributed by atoms with Crippen LogP contribution in [0, 0.1) is 17.0 Å². The molecule has 0 bridgehead atoms. The molecule has 0 spiro atoms. The maximum atomic E-state index is 13.9. The maximum absolute atomic E-state index is 13.9. The van der Waals surface area contributed by atoms with Crippen LogP contribution in [-0.4, -0.2) is 81.9 Å². The fraction of sp³-hybridized carbons (Fsp3) is 0.343. The van der Waals surface area contributed by atoms with Crippen molar-refractivity contribution in [2.45, 2.75) is 39.2 Å². The van der Waals surface area contributed by atoms with Gasteiger partial charge < -0.3 is 25.4 Å². The predicted molar refractivity (Wildman–Crippen MR) is 201 cm³/mol. The molecule has 0 fully saturated rings. The van der Waals surface area contributed by atoms with Gasteiger partial charge in [0.05, 0.1) is 53.4 Å². The molecule has 3 aromatic carbocycles. The summed E-state index contributed by atoms with van der Waals surface area (Å²) in [6.07, 6.45) is 0.657. The van der Waals surface area contributed by atoms with Crippen LogP contribution >= 0.6 is 34.8 Å². The second kappa shape index (κ2) is 17.8. The monoisotopic (exact) mass is 786 g/mol. The van der Waals surface area contributed by atoms with Gasteiger partial charge in [-0.3, -0.25) is 19.7 Å². The molecule has 0 atom stereocenters. The van der Waals surface area contributed by atoms with E-state index in [1.165, 1.54) is 12.1 Å². The molecule has 3 N–H and O–H groups in total. The number of rotatable bonds is 18. The molecule has 280 valence electrons. The minimum Gasteiger partial charge on any atom is -0.381 e. The largest absolute Gasteiger partial charge is 0.381 e. The molecule has 53 heavy (non-hydrogen) atoms. The molecule has 5 aromatic rings. The minimum absolute atomic E-state index is 0.0607. The van der Waals surface area contributed by atoms with Gasteiger partial charge in [0.25, 0.3) is 5.91 Å². The van der Waals surface area contributed by atoms with Crippen molar-refractivity contribution in [1.29, 1.82) is 0 Å². The summed E-state index contributed by atoms with van der Waals surface area (Å²) in [4.78, 5) is 38.0. The second-order valence-corrected chi connectivity index (χ2v) is 13.1. The first-order valence-corrected chi connectivity index (χ1v) is 17.8. The van der Waals surface area contributed by atoms with Gasteiger partial charge in [0.15, 0.2) is 11.2 Å². The molecule has 0 aliphatic heterocycles. The predicted octanol–water partition coefficient (Wildman–Crippen LogP) is 6.80. The number of anilines is 1. The van der Waals surface area contributed by atoms with Crippen molar-refractivity contribution in [3.8, 4) is 16.9 Å². The Labute approximate surface area is 319 Å². The lowest BCUT2D eigenvalue weighted by atomic mass is 9.91. The smallest absolute Gasteiger partial charge is 0.300 e. The molecule has 15 nitrogen and oxygen atoms in total. The number of non-ortho nitro benzene ring substituents is 1. The second-order valence-electron chi connectivity index (χ2n) is 11.8. The number of nitro groups is 1. The van der Waals surface area contributed by atoms with Gasteiger partial charge in [0.2, 0.25) is 11.4 Å². The number of hydrogen-bond acceptors (Lipinski definition) is 11. The van der Waals surface area contributed by atoms with Crippen molar-refractivity contribution in [1.82, 2.24) is 30.7 Å². The summed E-state index contributed by atoms with van der Waals surface area (Å²) in [5, 5.41) is 33.5. The van der Waals surface area contributed by atoms with Gasteiger partial charge in [-0.2, -0.15) is 5.10 Å². The number of hydrogen-bond donors (Lipinski definition) is 3. The Morgan fingerprint density at radius 1 is 0.906 bits per heavy atom. The molecular formula is C35H37Cl3N8O7. The van der Waals surface area contributed by atoms with Crippen LogP contribution in [0.3, 0.4) is 0 Å². The number of nitrogens with zero attached hydrogens (tertiary/aromatic N) is 5. The number of ether oxygens (including phenoxy) is 2. The highest BCUT2D eigenvalue weighted by Gasteiger charge is 2.38. The quantitative estimate of drug-likeness (QED) is 0.0481. The summed E-state index contributed by atoms with van der Waals surface area (Å²) >= 11 is 18.9. The summed E-state index contributed by atoms with van der Waals surface area (Å²) < 4.78 is 17.5. The summed E-state index contributed by atoms with van der Waals surface area (Å²) in [6.45, 7) is 7.18. The minimum atomic E-state index is -1.21. The van der Waals surface area contributed by atoms with E-state index in [0.29, 0.717) is 70.3 Å². The van der Waals surface area contributed by atoms with E-state index in [4.69, 9.17) is 44.3 Å². The van der Waals surface area contributed by atoms with E-state index in [9.17, 15) is 19.7 Å². The topological polar surface area (TPSA) is 189 Å². The van der Waals surface area contributed by atoms with Crippen LogP contribution < -0.4 is 16.0 Å². The van der Waals surface area contributed by atoms with Crippen LogP contribution in [0.2, 0.25) is 15.1 Å². The molecule has 2 aromatic heterocycles. The molecule has 0 aliphatic rings. The highest BCUT2D eigenvalue weighted by molar-refractivity contribution is 6.35. The SMILES string of the molecule is CCC(CC)(NC(=O)c1nn(-c2ccc(Cl)cc2Cl)c(-c2ccc(Cl)cc2)c1C)C(=O)NCCOCCOCCNc1ccc([N+](=O)[O-])c2nonc12. The van der Waals surface area contributed by atoms with E-state index >= 15 is 0 Å². The van der Waals surface area contributed by atoms with E-state index < -0.39 is 16.4 Å². The van der Waals surface area contributed by atoms with Crippen molar-refractivity contribution in [3.63, 3.8) is 0 Å². The molecule has 0 unspecified atom stereocenters. The molecular weight excluding hydrogens is 751 g/mol. The standard InChI is InChI=1S/C35H37Cl3N8O7/c1-4-35(5-2,34(48)40-15-17-52-19-18-51-16-14-39-26-11-13-28(46(49)50)31-30(26)43-53-44-31)41-33(47)29-21(3)32(22-6-8-23(36)9-7-22)45(42-29)27-12-10-24(37)20-25(27)38/h6-13,20,39H,4-5,14-19H2,1-3H3,(H,40,48)(H,41,47). The number of halogens is 3. The fourth-order valence-corrected chi connectivity index (χ4v) is 6.31. The highest BCUT2D eigenvalue weighted by Crippen LogP contribution is 2.34. The number of nitro benzene ring substituents is 1. The zero-order valence-electron chi connectivity index (χ0n) is 29.1. The van der Waals surface area contributed by atoms with Crippen LogP contribution in [-0.2, 0) is 14.3 Å². The lowest BCUT2D eigenvalue weighted by Crippen LogP contribution is -2.58. The van der Waals surface area contributed by atoms with Gasteiger partial charge in [-0.05, 0) is 66.5 Å². The number of nitrogens with one attached hydrogen (secondary N) is 3. The molecule has 2 amide bonds. The summed E-state index contributed by atoms with van der Waals surface area (Å²) in [6, 6.07) is 15.0. The van der Waals surface area contributed by atoms with Crippen LogP contribution in [0.4, 0.5) is 11.4 Å². The third kappa shape index (κ3) is 9.05. The number of aromatic nitrogens is 4. The Hall–Kier alpha value is -4.80.